The Morgan fingerprint density at radius 2 is 1.70 bits per heavy atom. The van der Waals surface area contributed by atoms with Gasteiger partial charge in [-0.15, -0.1) is 10.2 Å². The maximum absolute atomic E-state index is 13.6. The van der Waals surface area contributed by atoms with Gasteiger partial charge in [0, 0.05) is 16.9 Å². The van der Waals surface area contributed by atoms with Crippen LogP contribution in [0.1, 0.15) is 27.3 Å². The number of aromatic nitrogens is 3. The minimum atomic E-state index is -0.380. The predicted octanol–water partition coefficient (Wildman–Crippen LogP) is 4.69. The molecule has 0 fully saturated rings. The van der Waals surface area contributed by atoms with Crippen LogP contribution in [0.5, 0.6) is 5.75 Å². The molecule has 0 radical (unpaired) electrons. The molecule has 0 saturated heterocycles. The highest BCUT2D eigenvalue weighted by Gasteiger charge is 2.17. The van der Waals surface area contributed by atoms with Crippen LogP contribution < -0.4 is 15.4 Å². The summed E-state index contributed by atoms with van der Waals surface area (Å²) in [5.74, 6) is 0.354. The second-order valence-electron chi connectivity index (χ2n) is 8.26. The van der Waals surface area contributed by atoms with Gasteiger partial charge in [-0.05, 0) is 85.6 Å². The third-order valence-corrected chi connectivity index (χ3v) is 6.60. The summed E-state index contributed by atoms with van der Waals surface area (Å²) < 4.78 is 20.4. The number of carbonyl (C=O) groups is 2. The molecule has 4 rings (SSSR count). The summed E-state index contributed by atoms with van der Waals surface area (Å²) in [7, 11) is 1.57. The topological polar surface area (TPSA) is 98.1 Å². The zero-order valence-electron chi connectivity index (χ0n) is 20.6. The van der Waals surface area contributed by atoms with E-state index in [9.17, 15) is 14.0 Å². The first-order valence-electron chi connectivity index (χ1n) is 11.5. The lowest BCUT2D eigenvalue weighted by Crippen LogP contribution is -2.24. The first kappa shape index (κ1) is 25.9. The Labute approximate surface area is 218 Å². The molecule has 3 aromatic carbocycles. The third-order valence-electron chi connectivity index (χ3n) is 5.67. The molecule has 10 heteroatoms. The molecule has 0 aliphatic carbocycles. The molecule has 4 aromatic rings. The Balaban J connectivity index is 1.48. The van der Waals surface area contributed by atoms with Gasteiger partial charge in [-0.2, -0.15) is 0 Å². The summed E-state index contributed by atoms with van der Waals surface area (Å²) in [5.41, 5.74) is 3.92. The van der Waals surface area contributed by atoms with Crippen molar-refractivity contribution in [2.75, 3.05) is 18.2 Å². The molecule has 1 aromatic heterocycles. The molecule has 0 saturated carbocycles. The number of ether oxygens (including phenoxy) is 1. The van der Waals surface area contributed by atoms with Crippen LogP contribution in [0, 0.1) is 19.7 Å². The number of amides is 2. The van der Waals surface area contributed by atoms with Gasteiger partial charge in [0.25, 0.3) is 5.91 Å². The lowest BCUT2D eigenvalue weighted by Gasteiger charge is -2.12. The maximum atomic E-state index is 13.6. The van der Waals surface area contributed by atoms with Crippen LogP contribution >= 0.6 is 11.8 Å². The molecule has 1 heterocycles. The molecule has 0 spiro atoms. The predicted molar refractivity (Wildman–Crippen MR) is 141 cm³/mol. The van der Waals surface area contributed by atoms with Crippen molar-refractivity contribution in [3.05, 3.63) is 95.1 Å². The van der Waals surface area contributed by atoms with Crippen LogP contribution in [0.2, 0.25) is 0 Å². The van der Waals surface area contributed by atoms with Crippen molar-refractivity contribution < 1.29 is 18.7 Å². The second kappa shape index (κ2) is 11.7. The van der Waals surface area contributed by atoms with Crippen LogP contribution in [0.3, 0.4) is 0 Å². The number of halogens is 1. The maximum Gasteiger partial charge on any atom is 0.251 e. The summed E-state index contributed by atoms with van der Waals surface area (Å²) in [4.78, 5) is 25.3. The number of benzene rings is 3. The average molecular weight is 520 g/mol. The smallest absolute Gasteiger partial charge is 0.251 e. The van der Waals surface area contributed by atoms with Gasteiger partial charge >= 0.3 is 0 Å². The Hall–Kier alpha value is -4.18. The highest BCUT2D eigenvalue weighted by Crippen LogP contribution is 2.23. The number of nitrogens with one attached hydrogen (secondary N) is 2. The minimum Gasteiger partial charge on any atom is -0.497 e. The Morgan fingerprint density at radius 1 is 0.973 bits per heavy atom. The van der Waals surface area contributed by atoms with Crippen LogP contribution in [-0.2, 0) is 11.3 Å². The van der Waals surface area contributed by atoms with Crippen molar-refractivity contribution in [3.63, 3.8) is 0 Å². The molecule has 37 heavy (non-hydrogen) atoms. The Morgan fingerprint density at radius 3 is 2.38 bits per heavy atom. The van der Waals surface area contributed by atoms with Crippen molar-refractivity contribution in [2.24, 2.45) is 0 Å². The van der Waals surface area contributed by atoms with E-state index in [2.05, 4.69) is 20.8 Å². The minimum absolute atomic E-state index is 0.0698. The normalized spacial score (nSPS) is 10.7. The molecule has 0 bridgehead atoms. The first-order chi connectivity index (χ1) is 17.8. The van der Waals surface area contributed by atoms with E-state index in [4.69, 9.17) is 4.74 Å². The monoisotopic (exact) mass is 519 g/mol. The van der Waals surface area contributed by atoms with Gasteiger partial charge in [0.05, 0.1) is 19.4 Å². The Kier molecular flexibility index (Phi) is 8.19. The number of anilines is 1. The van der Waals surface area contributed by atoms with E-state index in [-0.39, 0.29) is 29.9 Å². The fourth-order valence-electron chi connectivity index (χ4n) is 3.50. The van der Waals surface area contributed by atoms with Crippen molar-refractivity contribution in [1.29, 1.82) is 0 Å². The largest absolute Gasteiger partial charge is 0.497 e. The standard InChI is InChI=1S/C27H26FN5O3S/c1-17-4-5-19(14-18(17)2)26(35)29-15-24-31-32-27(33(24)22-10-6-20(28)7-11-22)37-16-25(34)30-21-8-12-23(36-3)13-9-21/h4-14H,15-16H2,1-3H3,(H,29,35)(H,30,34). The van der Waals surface area contributed by atoms with Gasteiger partial charge in [-0.3, -0.25) is 14.2 Å². The number of hydrogen-bond acceptors (Lipinski definition) is 6. The van der Waals surface area contributed by atoms with Crippen LogP contribution in [0.15, 0.2) is 71.9 Å². The zero-order chi connectivity index (χ0) is 26.4. The van der Waals surface area contributed by atoms with Crippen LogP contribution in [0.4, 0.5) is 10.1 Å². The molecule has 8 nitrogen and oxygen atoms in total. The third kappa shape index (κ3) is 6.53. The number of methoxy groups -OCH3 is 1. The summed E-state index contributed by atoms with van der Waals surface area (Å²) in [6.07, 6.45) is 0. The molecule has 190 valence electrons. The van der Waals surface area contributed by atoms with E-state index in [1.807, 2.05) is 26.0 Å². The van der Waals surface area contributed by atoms with E-state index < -0.39 is 0 Å². The number of carbonyl (C=O) groups excluding carboxylic acids is 2. The van der Waals surface area contributed by atoms with E-state index in [0.29, 0.717) is 33.7 Å². The quantitative estimate of drug-likeness (QED) is 0.311. The van der Waals surface area contributed by atoms with Crippen LogP contribution in [0.25, 0.3) is 5.69 Å². The van der Waals surface area contributed by atoms with Gasteiger partial charge in [0.15, 0.2) is 11.0 Å². The van der Waals surface area contributed by atoms with E-state index >= 15 is 0 Å². The van der Waals surface area contributed by atoms with E-state index in [0.717, 1.165) is 11.1 Å². The molecule has 0 aliphatic heterocycles. The molecule has 0 atom stereocenters. The summed E-state index contributed by atoms with van der Waals surface area (Å²) in [6, 6.07) is 18.4. The number of hydrogen-bond donors (Lipinski definition) is 2. The van der Waals surface area contributed by atoms with Crippen molar-refractivity contribution in [1.82, 2.24) is 20.1 Å². The average Bonchev–Trinajstić information content (AvgIpc) is 3.31. The molecular formula is C27H26FN5O3S. The molecule has 0 unspecified atom stereocenters. The highest BCUT2D eigenvalue weighted by molar-refractivity contribution is 7.99. The molecule has 2 amide bonds. The first-order valence-corrected chi connectivity index (χ1v) is 12.4. The fourth-order valence-corrected chi connectivity index (χ4v) is 4.27. The molecule has 2 N–H and O–H groups in total. The summed E-state index contributed by atoms with van der Waals surface area (Å²) in [6.45, 7) is 4.03. The van der Waals surface area contributed by atoms with Gasteiger partial charge in [0.2, 0.25) is 5.91 Å². The lowest BCUT2D eigenvalue weighted by atomic mass is 10.1. The van der Waals surface area contributed by atoms with E-state index in [1.54, 1.807) is 54.1 Å². The summed E-state index contributed by atoms with van der Waals surface area (Å²) >= 11 is 1.18. The van der Waals surface area contributed by atoms with Crippen LogP contribution in [-0.4, -0.2) is 39.4 Å². The number of rotatable bonds is 9. The second-order valence-corrected chi connectivity index (χ2v) is 9.20. The van der Waals surface area contributed by atoms with Gasteiger partial charge in [0.1, 0.15) is 11.6 Å². The number of aryl methyl sites for hydroxylation is 2. The number of thioether (sulfide) groups is 1. The lowest BCUT2D eigenvalue weighted by molar-refractivity contribution is -0.113. The van der Waals surface area contributed by atoms with Crippen molar-refractivity contribution in [3.8, 4) is 11.4 Å². The Bertz CT molecular complexity index is 1400. The van der Waals surface area contributed by atoms with Crippen molar-refractivity contribution in [2.45, 2.75) is 25.5 Å². The van der Waals surface area contributed by atoms with Crippen molar-refractivity contribution >= 4 is 29.3 Å². The molecular weight excluding hydrogens is 493 g/mol. The zero-order valence-corrected chi connectivity index (χ0v) is 21.4. The van der Waals surface area contributed by atoms with Gasteiger partial charge < -0.3 is 15.4 Å². The summed E-state index contributed by atoms with van der Waals surface area (Å²) in [5, 5.41) is 14.6. The highest BCUT2D eigenvalue weighted by atomic mass is 32.2. The van der Waals surface area contributed by atoms with Gasteiger partial charge in [-0.25, -0.2) is 4.39 Å². The number of nitrogens with zero attached hydrogens (tertiary/aromatic N) is 3. The SMILES string of the molecule is COc1ccc(NC(=O)CSc2nnc(CNC(=O)c3ccc(C)c(C)c3)n2-c2ccc(F)cc2)cc1. The fraction of sp³-hybridized carbons (Fsp3) is 0.185. The van der Waals surface area contributed by atoms with E-state index in [1.165, 1.54) is 23.9 Å². The van der Waals surface area contributed by atoms with Gasteiger partial charge in [-0.1, -0.05) is 17.8 Å². The molecule has 0 aliphatic rings.